The minimum Gasteiger partial charge on any atom is -0.355 e. The Morgan fingerprint density at radius 3 is 2.30 bits per heavy atom. The monoisotopic (exact) mass is 513 g/mol. The Balaban J connectivity index is 2.14. The summed E-state index contributed by atoms with van der Waals surface area (Å²) in [5.41, 5.74) is 1.27. The first kappa shape index (κ1) is 27.0. The quantitative estimate of drug-likeness (QED) is 0.490. The smallest absolute Gasteiger partial charge is 0.242 e. The largest absolute Gasteiger partial charge is 0.355 e. The van der Waals surface area contributed by atoms with Crippen molar-refractivity contribution in [1.82, 2.24) is 10.2 Å². The van der Waals surface area contributed by atoms with E-state index in [-0.39, 0.29) is 37.7 Å². The minimum atomic E-state index is -3.57. The minimum absolute atomic E-state index is 0.0733. The lowest BCUT2D eigenvalue weighted by Crippen LogP contribution is -2.47. The number of nitrogens with zero attached hydrogens (tertiary/aromatic N) is 2. The van der Waals surface area contributed by atoms with Crippen molar-refractivity contribution in [3.63, 3.8) is 0 Å². The third-order valence-corrected chi connectivity index (χ3v) is 6.71. The van der Waals surface area contributed by atoms with Crippen LogP contribution in [0.2, 0.25) is 10.0 Å². The molecule has 0 aliphatic heterocycles. The second-order valence-electron chi connectivity index (χ2n) is 7.64. The van der Waals surface area contributed by atoms with Crippen LogP contribution in [0.1, 0.15) is 32.3 Å². The molecule has 0 saturated heterocycles. The van der Waals surface area contributed by atoms with Crippen LogP contribution in [-0.4, -0.2) is 50.5 Å². The summed E-state index contributed by atoms with van der Waals surface area (Å²) in [6.07, 6.45) is 1.46. The predicted molar refractivity (Wildman–Crippen MR) is 133 cm³/mol. The first-order valence-electron chi connectivity index (χ1n) is 10.6. The van der Waals surface area contributed by atoms with E-state index in [9.17, 15) is 18.0 Å². The van der Waals surface area contributed by atoms with Crippen LogP contribution >= 0.6 is 23.2 Å². The summed E-state index contributed by atoms with van der Waals surface area (Å²) >= 11 is 12.0. The molecule has 33 heavy (non-hydrogen) atoms. The fraction of sp³-hybridized carbons (Fsp3) is 0.391. The van der Waals surface area contributed by atoms with Crippen LogP contribution in [-0.2, 0) is 26.2 Å². The van der Waals surface area contributed by atoms with E-state index in [1.54, 1.807) is 55.5 Å². The Morgan fingerprint density at radius 2 is 1.73 bits per heavy atom. The van der Waals surface area contributed by atoms with Gasteiger partial charge in [-0.15, -0.1) is 0 Å². The summed E-state index contributed by atoms with van der Waals surface area (Å²) < 4.78 is 25.9. The van der Waals surface area contributed by atoms with Crippen LogP contribution < -0.4 is 9.62 Å². The highest BCUT2D eigenvalue weighted by Crippen LogP contribution is 2.22. The number of amides is 2. The second kappa shape index (κ2) is 12.3. The van der Waals surface area contributed by atoms with Gasteiger partial charge in [-0.2, -0.15) is 0 Å². The number of hydrogen-bond donors (Lipinski definition) is 1. The first-order chi connectivity index (χ1) is 15.5. The van der Waals surface area contributed by atoms with Gasteiger partial charge in [0.2, 0.25) is 21.8 Å². The van der Waals surface area contributed by atoms with E-state index in [0.717, 1.165) is 11.8 Å². The summed E-state index contributed by atoms with van der Waals surface area (Å²) in [4.78, 5) is 27.1. The van der Waals surface area contributed by atoms with E-state index < -0.39 is 16.1 Å². The van der Waals surface area contributed by atoms with Crippen LogP contribution in [0.25, 0.3) is 0 Å². The van der Waals surface area contributed by atoms with Crippen LogP contribution in [0, 0.1) is 0 Å². The molecule has 0 radical (unpaired) electrons. The zero-order chi connectivity index (χ0) is 24.6. The maximum absolute atomic E-state index is 13.1. The van der Waals surface area contributed by atoms with Gasteiger partial charge in [0, 0.05) is 36.1 Å². The molecular weight excluding hydrogens is 485 g/mol. The average Bonchev–Trinajstić information content (AvgIpc) is 2.75. The first-order valence-corrected chi connectivity index (χ1v) is 13.2. The number of sulfonamides is 1. The molecule has 7 nitrogen and oxygen atoms in total. The van der Waals surface area contributed by atoms with Crippen molar-refractivity contribution >= 4 is 50.7 Å². The van der Waals surface area contributed by atoms with Gasteiger partial charge in [0.25, 0.3) is 0 Å². The van der Waals surface area contributed by atoms with Crippen LogP contribution in [0.4, 0.5) is 5.69 Å². The second-order valence-corrected chi connectivity index (χ2v) is 10.4. The number of halogens is 2. The summed E-state index contributed by atoms with van der Waals surface area (Å²) in [6.45, 7) is 4.28. The number of carbonyl (C=O) groups is 2. The molecule has 0 aromatic heterocycles. The van der Waals surface area contributed by atoms with Crippen molar-refractivity contribution in [3.05, 3.63) is 64.1 Å². The molecule has 1 atom stereocenters. The molecule has 0 unspecified atom stereocenters. The molecule has 10 heteroatoms. The third-order valence-electron chi connectivity index (χ3n) is 5.03. The Hall–Kier alpha value is -2.29. The zero-order valence-electron chi connectivity index (χ0n) is 18.9. The molecular formula is C23H29Cl2N3O4S. The van der Waals surface area contributed by atoms with Gasteiger partial charge in [-0.3, -0.25) is 13.9 Å². The van der Waals surface area contributed by atoms with Gasteiger partial charge in [0.15, 0.2) is 0 Å². The van der Waals surface area contributed by atoms with E-state index in [2.05, 4.69) is 5.32 Å². The van der Waals surface area contributed by atoms with Gasteiger partial charge in [-0.05, 0) is 56.2 Å². The molecule has 2 aromatic rings. The predicted octanol–water partition coefficient (Wildman–Crippen LogP) is 4.09. The van der Waals surface area contributed by atoms with Crippen molar-refractivity contribution in [3.8, 4) is 0 Å². The van der Waals surface area contributed by atoms with Gasteiger partial charge >= 0.3 is 0 Å². The highest BCUT2D eigenvalue weighted by atomic mass is 35.5. The Bertz CT molecular complexity index is 1060. The molecule has 0 fully saturated rings. The van der Waals surface area contributed by atoms with Gasteiger partial charge in [0.05, 0.1) is 11.9 Å². The van der Waals surface area contributed by atoms with E-state index in [1.165, 1.54) is 9.21 Å². The molecule has 0 heterocycles. The highest BCUT2D eigenvalue weighted by molar-refractivity contribution is 7.92. The van der Waals surface area contributed by atoms with E-state index in [4.69, 9.17) is 23.2 Å². The maximum atomic E-state index is 13.1. The van der Waals surface area contributed by atoms with Gasteiger partial charge in [-0.1, -0.05) is 41.4 Å². The van der Waals surface area contributed by atoms with Crippen LogP contribution in [0.15, 0.2) is 48.5 Å². The lowest BCUT2D eigenvalue weighted by atomic mass is 10.1. The fourth-order valence-corrected chi connectivity index (χ4v) is 4.59. The van der Waals surface area contributed by atoms with Crippen molar-refractivity contribution in [2.75, 3.05) is 23.7 Å². The number of carbonyl (C=O) groups excluding carboxylic acids is 2. The Morgan fingerprint density at radius 1 is 1.06 bits per heavy atom. The normalized spacial score (nSPS) is 12.2. The van der Waals surface area contributed by atoms with Crippen LogP contribution in [0.5, 0.6) is 0 Å². The maximum Gasteiger partial charge on any atom is 0.242 e. The standard InChI is InChI=1S/C23H29Cl2N3O4S/c1-4-26-23(30)17(2)27(16-18-10-12-19(24)13-11-18)22(29)9-6-14-28(33(3,31)32)21-8-5-7-20(25)15-21/h5,7-8,10-13,15,17H,4,6,9,14,16H2,1-3H3,(H,26,30)/t17-/m1/s1. The third kappa shape index (κ3) is 8.21. The van der Waals surface area contributed by atoms with Crippen LogP contribution in [0.3, 0.4) is 0 Å². The zero-order valence-corrected chi connectivity index (χ0v) is 21.3. The fourth-order valence-electron chi connectivity index (χ4n) is 3.33. The van der Waals surface area contributed by atoms with Crippen molar-refractivity contribution in [2.45, 2.75) is 39.3 Å². The molecule has 0 aliphatic carbocycles. The van der Waals surface area contributed by atoms with E-state index >= 15 is 0 Å². The molecule has 0 aliphatic rings. The summed E-state index contributed by atoms with van der Waals surface area (Å²) in [7, 11) is -3.57. The lowest BCUT2D eigenvalue weighted by Gasteiger charge is -2.29. The number of benzene rings is 2. The molecule has 1 N–H and O–H groups in total. The lowest BCUT2D eigenvalue weighted by molar-refractivity contribution is -0.140. The molecule has 0 spiro atoms. The number of likely N-dealkylation sites (N-methyl/N-ethyl adjacent to an activating group) is 1. The SMILES string of the molecule is CCNC(=O)[C@@H](C)N(Cc1ccc(Cl)cc1)C(=O)CCCN(c1cccc(Cl)c1)S(C)(=O)=O. The summed E-state index contributed by atoms with van der Waals surface area (Å²) in [5, 5.41) is 3.74. The number of anilines is 1. The number of rotatable bonds is 11. The highest BCUT2D eigenvalue weighted by Gasteiger charge is 2.26. The summed E-state index contributed by atoms with van der Waals surface area (Å²) in [5.74, 6) is -0.500. The molecule has 2 rings (SSSR count). The molecule has 2 aromatic carbocycles. The van der Waals surface area contributed by atoms with Gasteiger partial charge in [0.1, 0.15) is 6.04 Å². The van der Waals surface area contributed by atoms with Gasteiger partial charge in [-0.25, -0.2) is 8.42 Å². The van der Waals surface area contributed by atoms with E-state index in [1.807, 2.05) is 6.92 Å². The number of nitrogens with one attached hydrogen (secondary N) is 1. The number of hydrogen-bond acceptors (Lipinski definition) is 4. The van der Waals surface area contributed by atoms with Gasteiger partial charge < -0.3 is 10.2 Å². The topological polar surface area (TPSA) is 86.8 Å². The molecule has 2 amide bonds. The Labute approximate surface area is 205 Å². The van der Waals surface area contributed by atoms with Crippen molar-refractivity contribution < 1.29 is 18.0 Å². The average molecular weight is 514 g/mol. The van der Waals surface area contributed by atoms with E-state index in [0.29, 0.717) is 22.3 Å². The van der Waals surface area contributed by atoms with Crippen molar-refractivity contribution in [2.24, 2.45) is 0 Å². The Kier molecular flexibility index (Phi) is 10.0. The molecule has 180 valence electrons. The summed E-state index contributed by atoms with van der Waals surface area (Å²) in [6, 6.07) is 12.9. The van der Waals surface area contributed by atoms with Crippen molar-refractivity contribution in [1.29, 1.82) is 0 Å². The molecule has 0 saturated carbocycles. The molecule has 0 bridgehead atoms.